The van der Waals surface area contributed by atoms with Gasteiger partial charge in [-0.25, -0.2) is 0 Å². The van der Waals surface area contributed by atoms with Crippen LogP contribution in [0.3, 0.4) is 0 Å². The zero-order valence-electron chi connectivity index (χ0n) is 38.0. The molecule has 0 amide bonds. The van der Waals surface area contributed by atoms with Gasteiger partial charge in [0.25, 0.3) is 0 Å². The molecule has 0 bridgehead atoms. The average Bonchev–Trinajstić information content (AvgIpc) is 3.43. The van der Waals surface area contributed by atoms with Gasteiger partial charge >= 0.3 is 0 Å². The van der Waals surface area contributed by atoms with Crippen molar-refractivity contribution in [2.24, 2.45) is 0 Å². The summed E-state index contributed by atoms with van der Waals surface area (Å²) in [7, 11) is 0. The van der Waals surface area contributed by atoms with Gasteiger partial charge in [-0.2, -0.15) is 0 Å². The first kappa shape index (κ1) is 41.3. The first-order valence-corrected chi connectivity index (χ1v) is 23.6. The zero-order chi connectivity index (χ0) is 45.9. The SMILES string of the molecule is c1ccc(N(c2ccc(-c3ccc(N(c4ccc(-c5ccc(N(c6ccccc6)c6cccc7ccccc67)cc5)cc4)c4ccc5ccccc5c4)cc3)cc2)c2cccc3ccccc23)cc1. The summed E-state index contributed by atoms with van der Waals surface area (Å²) in [5.41, 5.74) is 14.7. The molecule has 0 aromatic heterocycles. The second-order valence-corrected chi connectivity index (χ2v) is 17.4. The molecule has 0 N–H and O–H groups in total. The second-order valence-electron chi connectivity index (χ2n) is 17.4. The minimum Gasteiger partial charge on any atom is -0.310 e. The lowest BCUT2D eigenvalue weighted by Crippen LogP contribution is -2.10. The summed E-state index contributed by atoms with van der Waals surface area (Å²) in [4.78, 5) is 7.06. The lowest BCUT2D eigenvalue weighted by molar-refractivity contribution is 1.29. The van der Waals surface area contributed by atoms with E-state index >= 15 is 0 Å². The van der Waals surface area contributed by atoms with Crippen LogP contribution in [-0.4, -0.2) is 0 Å². The molecular formula is C66H47N3. The molecule has 12 aromatic carbocycles. The van der Waals surface area contributed by atoms with Gasteiger partial charge in [0.1, 0.15) is 0 Å². The minimum atomic E-state index is 1.09. The van der Waals surface area contributed by atoms with Crippen LogP contribution in [0.15, 0.2) is 285 Å². The first-order chi connectivity index (χ1) is 34.2. The molecule has 0 saturated carbocycles. The van der Waals surface area contributed by atoms with E-state index in [4.69, 9.17) is 0 Å². The molecular weight excluding hydrogens is 835 g/mol. The van der Waals surface area contributed by atoms with E-state index in [2.05, 4.69) is 300 Å². The fourth-order valence-electron chi connectivity index (χ4n) is 9.79. The van der Waals surface area contributed by atoms with Gasteiger partial charge in [0.05, 0.1) is 11.4 Å². The second kappa shape index (κ2) is 18.2. The van der Waals surface area contributed by atoms with Crippen LogP contribution in [0.2, 0.25) is 0 Å². The van der Waals surface area contributed by atoms with E-state index in [-0.39, 0.29) is 0 Å². The molecule has 0 aliphatic heterocycles. The maximum atomic E-state index is 2.36. The molecule has 0 atom stereocenters. The number of anilines is 9. The van der Waals surface area contributed by atoms with Crippen molar-refractivity contribution in [2.45, 2.75) is 0 Å². The van der Waals surface area contributed by atoms with Crippen molar-refractivity contribution in [2.75, 3.05) is 14.7 Å². The van der Waals surface area contributed by atoms with E-state index in [0.29, 0.717) is 0 Å². The third-order valence-corrected chi connectivity index (χ3v) is 13.2. The van der Waals surface area contributed by atoms with Gasteiger partial charge in [0.15, 0.2) is 0 Å². The summed E-state index contributed by atoms with van der Waals surface area (Å²) in [5.74, 6) is 0. The maximum Gasteiger partial charge on any atom is 0.0540 e. The monoisotopic (exact) mass is 881 g/mol. The molecule has 0 radical (unpaired) electrons. The lowest BCUT2D eigenvalue weighted by atomic mass is 10.0. The predicted octanol–water partition coefficient (Wildman–Crippen LogP) is 18.9. The van der Waals surface area contributed by atoms with Crippen LogP contribution in [0.1, 0.15) is 0 Å². The van der Waals surface area contributed by atoms with Gasteiger partial charge < -0.3 is 14.7 Å². The summed E-state index contributed by atoms with van der Waals surface area (Å²) < 4.78 is 0. The highest BCUT2D eigenvalue weighted by Crippen LogP contribution is 2.43. The summed E-state index contributed by atoms with van der Waals surface area (Å²) in [6, 6.07) is 103. The summed E-state index contributed by atoms with van der Waals surface area (Å²) in [5, 5.41) is 7.29. The molecule has 0 aliphatic carbocycles. The Hall–Kier alpha value is -9.18. The van der Waals surface area contributed by atoms with Crippen LogP contribution in [0.25, 0.3) is 54.6 Å². The van der Waals surface area contributed by atoms with E-state index < -0.39 is 0 Å². The van der Waals surface area contributed by atoms with E-state index in [9.17, 15) is 0 Å². The normalized spacial score (nSPS) is 11.2. The summed E-state index contributed by atoms with van der Waals surface area (Å²) in [6.07, 6.45) is 0. The third-order valence-electron chi connectivity index (χ3n) is 13.2. The number of rotatable bonds is 11. The quantitative estimate of drug-likeness (QED) is 0.128. The minimum absolute atomic E-state index is 1.09. The Morgan fingerprint density at radius 2 is 0.478 bits per heavy atom. The highest BCUT2D eigenvalue weighted by Gasteiger charge is 2.18. The van der Waals surface area contributed by atoms with E-state index in [0.717, 1.165) is 73.4 Å². The fourth-order valence-corrected chi connectivity index (χ4v) is 9.79. The maximum absolute atomic E-state index is 2.36. The standard InChI is InChI=1S/C66H47N3/c1-3-21-56(22-4-1)68(65-27-13-19-53-16-9-11-25-63(53)65)60-42-33-51(34-43-60)49-29-38-58(39-30-49)67(62-46-37-48-15-7-8-18-55(48)47-62)59-40-31-50(32-41-59)52-35-44-61(45-36-52)69(57-23-5-2-6-24-57)66-28-14-20-54-17-10-12-26-64(54)66/h1-47H. The van der Waals surface area contributed by atoms with Crippen molar-refractivity contribution in [3.63, 3.8) is 0 Å². The predicted molar refractivity (Wildman–Crippen MR) is 294 cm³/mol. The Kier molecular flexibility index (Phi) is 10.9. The number of benzene rings is 12. The molecule has 326 valence electrons. The topological polar surface area (TPSA) is 9.72 Å². The van der Waals surface area contributed by atoms with Crippen LogP contribution in [0.5, 0.6) is 0 Å². The Morgan fingerprint density at radius 1 is 0.174 bits per heavy atom. The molecule has 0 spiro atoms. The number of nitrogens with zero attached hydrogens (tertiary/aromatic N) is 3. The van der Waals surface area contributed by atoms with Crippen molar-refractivity contribution in [3.05, 3.63) is 285 Å². The van der Waals surface area contributed by atoms with Gasteiger partial charge in [-0.15, -0.1) is 0 Å². The van der Waals surface area contributed by atoms with Gasteiger partial charge in [0, 0.05) is 50.6 Å². The molecule has 12 rings (SSSR count). The average molecular weight is 882 g/mol. The Labute approximate surface area is 403 Å². The molecule has 0 aliphatic rings. The van der Waals surface area contributed by atoms with Crippen LogP contribution in [-0.2, 0) is 0 Å². The molecule has 0 unspecified atom stereocenters. The van der Waals surface area contributed by atoms with Gasteiger partial charge in [-0.05, 0) is 141 Å². The Balaban J connectivity index is 0.856. The van der Waals surface area contributed by atoms with Gasteiger partial charge in [-0.1, -0.05) is 188 Å². The highest BCUT2D eigenvalue weighted by molar-refractivity contribution is 6.00. The summed E-state index contributed by atoms with van der Waals surface area (Å²) >= 11 is 0. The van der Waals surface area contributed by atoms with Crippen LogP contribution in [0.4, 0.5) is 51.2 Å². The molecule has 12 aromatic rings. The van der Waals surface area contributed by atoms with Crippen LogP contribution >= 0.6 is 0 Å². The van der Waals surface area contributed by atoms with Crippen molar-refractivity contribution >= 4 is 83.5 Å². The first-order valence-electron chi connectivity index (χ1n) is 23.6. The Morgan fingerprint density at radius 3 is 0.899 bits per heavy atom. The molecule has 3 heteroatoms. The molecule has 0 fully saturated rings. The fraction of sp³-hybridized carbons (Fsp3) is 0. The van der Waals surface area contributed by atoms with Crippen LogP contribution < -0.4 is 14.7 Å². The van der Waals surface area contributed by atoms with Crippen molar-refractivity contribution in [3.8, 4) is 22.3 Å². The van der Waals surface area contributed by atoms with Gasteiger partial charge in [0.2, 0.25) is 0 Å². The number of hydrogen-bond donors (Lipinski definition) is 0. The Bertz CT molecular complexity index is 3480. The van der Waals surface area contributed by atoms with E-state index in [1.165, 1.54) is 32.3 Å². The van der Waals surface area contributed by atoms with Crippen molar-refractivity contribution in [1.29, 1.82) is 0 Å². The molecule has 0 saturated heterocycles. The lowest BCUT2D eigenvalue weighted by Gasteiger charge is -2.27. The van der Waals surface area contributed by atoms with Gasteiger partial charge in [-0.3, -0.25) is 0 Å². The van der Waals surface area contributed by atoms with Crippen LogP contribution in [0, 0.1) is 0 Å². The van der Waals surface area contributed by atoms with Crippen molar-refractivity contribution in [1.82, 2.24) is 0 Å². The summed E-state index contributed by atoms with van der Waals surface area (Å²) in [6.45, 7) is 0. The third kappa shape index (κ3) is 8.13. The molecule has 3 nitrogen and oxygen atoms in total. The van der Waals surface area contributed by atoms with E-state index in [1.54, 1.807) is 0 Å². The molecule has 69 heavy (non-hydrogen) atoms. The largest absolute Gasteiger partial charge is 0.310 e. The number of para-hydroxylation sites is 2. The number of hydrogen-bond acceptors (Lipinski definition) is 3. The van der Waals surface area contributed by atoms with E-state index in [1.807, 2.05) is 0 Å². The zero-order valence-corrected chi connectivity index (χ0v) is 38.0. The van der Waals surface area contributed by atoms with Crippen molar-refractivity contribution < 1.29 is 0 Å². The number of fused-ring (bicyclic) bond motifs is 3. The smallest absolute Gasteiger partial charge is 0.0540 e. The molecule has 0 heterocycles. The highest BCUT2D eigenvalue weighted by atomic mass is 15.2.